The molecule has 2 aromatic carbocycles. The molecule has 108 valence electrons. The van der Waals surface area contributed by atoms with E-state index in [1.54, 1.807) is 0 Å². The first-order valence-corrected chi connectivity index (χ1v) is 7.63. The smallest absolute Gasteiger partial charge is 0.120 e. The Bertz CT molecular complexity index is 751. The van der Waals surface area contributed by atoms with Gasteiger partial charge in [0.1, 0.15) is 12.4 Å². The average molecular weight is 346 g/mol. The Morgan fingerprint density at radius 2 is 1.95 bits per heavy atom. The number of aliphatic hydroxyl groups excluding tert-OH is 1. The summed E-state index contributed by atoms with van der Waals surface area (Å²) in [4.78, 5) is 0. The van der Waals surface area contributed by atoms with Gasteiger partial charge in [0.25, 0.3) is 0 Å². The molecule has 0 unspecified atom stereocenters. The van der Waals surface area contributed by atoms with Gasteiger partial charge in [-0.2, -0.15) is 0 Å². The summed E-state index contributed by atoms with van der Waals surface area (Å²) in [6.45, 7) is 1.38. The number of rotatable bonds is 5. The maximum absolute atomic E-state index is 9.46. The van der Waals surface area contributed by atoms with Crippen molar-refractivity contribution in [1.29, 1.82) is 0 Å². The van der Waals surface area contributed by atoms with Crippen molar-refractivity contribution in [3.8, 4) is 5.75 Å². The Balaban J connectivity index is 1.74. The van der Waals surface area contributed by atoms with E-state index in [-0.39, 0.29) is 6.61 Å². The molecule has 1 N–H and O–H groups in total. The summed E-state index contributed by atoms with van der Waals surface area (Å²) in [6, 6.07) is 15.9. The van der Waals surface area contributed by atoms with E-state index in [1.165, 1.54) is 0 Å². The van der Waals surface area contributed by atoms with Crippen LogP contribution in [0.2, 0.25) is 0 Å². The van der Waals surface area contributed by atoms with Crippen molar-refractivity contribution in [3.05, 3.63) is 64.8 Å². The lowest BCUT2D eigenvalue weighted by Crippen LogP contribution is -2.08. The normalized spacial score (nSPS) is 11.0. The first-order valence-electron chi connectivity index (χ1n) is 6.84. The van der Waals surface area contributed by atoms with E-state index in [2.05, 4.69) is 32.6 Å². The molecule has 0 aliphatic heterocycles. The Kier molecular flexibility index (Phi) is 4.27. The summed E-state index contributed by atoms with van der Waals surface area (Å²) in [5, 5.41) is 10.6. The Labute approximate surface area is 131 Å². The lowest BCUT2D eigenvalue weighted by atomic mass is 10.1. The summed E-state index contributed by atoms with van der Waals surface area (Å²) in [6.07, 6.45) is 2.04. The van der Waals surface area contributed by atoms with E-state index < -0.39 is 0 Å². The number of benzene rings is 2. The van der Waals surface area contributed by atoms with Crippen LogP contribution in [0, 0.1) is 0 Å². The molecule has 3 rings (SSSR count). The van der Waals surface area contributed by atoms with Gasteiger partial charge in [-0.25, -0.2) is 0 Å². The number of aliphatic hydroxyl groups is 1. The second kappa shape index (κ2) is 6.33. The zero-order valence-corrected chi connectivity index (χ0v) is 13.1. The van der Waals surface area contributed by atoms with Gasteiger partial charge in [0.2, 0.25) is 0 Å². The van der Waals surface area contributed by atoms with Crippen molar-refractivity contribution in [2.75, 3.05) is 6.61 Å². The van der Waals surface area contributed by atoms with Crippen LogP contribution in [0.25, 0.3) is 10.9 Å². The van der Waals surface area contributed by atoms with Crippen molar-refractivity contribution < 1.29 is 9.84 Å². The monoisotopic (exact) mass is 345 g/mol. The fraction of sp³-hybridized carbons (Fsp3) is 0.176. The topological polar surface area (TPSA) is 34.4 Å². The number of aromatic nitrogens is 1. The second-order valence-corrected chi connectivity index (χ2v) is 5.74. The number of fused-ring (bicyclic) bond motifs is 1. The van der Waals surface area contributed by atoms with Crippen LogP contribution in [0.3, 0.4) is 0 Å². The van der Waals surface area contributed by atoms with Crippen molar-refractivity contribution >= 4 is 26.8 Å². The minimum Gasteiger partial charge on any atom is -0.492 e. The van der Waals surface area contributed by atoms with Crippen LogP contribution in [0.1, 0.15) is 5.56 Å². The molecule has 0 saturated heterocycles. The summed E-state index contributed by atoms with van der Waals surface area (Å²) in [5.41, 5.74) is 2.03. The van der Waals surface area contributed by atoms with Gasteiger partial charge < -0.3 is 14.4 Å². The van der Waals surface area contributed by atoms with Crippen molar-refractivity contribution in [2.45, 2.75) is 13.2 Å². The highest BCUT2D eigenvalue weighted by Crippen LogP contribution is 2.21. The van der Waals surface area contributed by atoms with E-state index >= 15 is 0 Å². The molecule has 1 heterocycles. The third kappa shape index (κ3) is 3.12. The van der Waals surface area contributed by atoms with Crippen LogP contribution in [0.4, 0.5) is 0 Å². The Hall–Kier alpha value is -1.78. The summed E-state index contributed by atoms with van der Waals surface area (Å²) >= 11 is 3.43. The van der Waals surface area contributed by atoms with Gasteiger partial charge in [-0.15, -0.1) is 0 Å². The number of para-hydroxylation sites is 1. The first-order chi connectivity index (χ1) is 10.3. The molecule has 0 radical (unpaired) electrons. The van der Waals surface area contributed by atoms with E-state index in [0.717, 1.165) is 33.2 Å². The fourth-order valence-corrected chi connectivity index (χ4v) is 2.85. The third-order valence-electron chi connectivity index (χ3n) is 3.44. The molecular formula is C17H16BrNO2. The van der Waals surface area contributed by atoms with E-state index in [0.29, 0.717) is 6.61 Å². The lowest BCUT2D eigenvalue weighted by molar-refractivity contribution is 0.281. The molecule has 0 aliphatic rings. The molecule has 0 spiro atoms. The van der Waals surface area contributed by atoms with Gasteiger partial charge in [-0.3, -0.25) is 0 Å². The zero-order valence-electron chi connectivity index (χ0n) is 11.5. The van der Waals surface area contributed by atoms with E-state index in [4.69, 9.17) is 4.74 Å². The first kappa shape index (κ1) is 14.2. The van der Waals surface area contributed by atoms with Gasteiger partial charge in [0, 0.05) is 16.2 Å². The molecule has 0 saturated carbocycles. The SMILES string of the molecule is OCc1cccc2ccn(CCOc3cccc(Br)c3)c12. The molecular weight excluding hydrogens is 330 g/mol. The van der Waals surface area contributed by atoms with Gasteiger partial charge in [-0.05, 0) is 29.7 Å². The fourth-order valence-electron chi connectivity index (χ4n) is 2.47. The minimum atomic E-state index is 0.0494. The van der Waals surface area contributed by atoms with Crippen molar-refractivity contribution in [2.24, 2.45) is 0 Å². The largest absolute Gasteiger partial charge is 0.492 e. The van der Waals surface area contributed by atoms with Crippen LogP contribution in [-0.2, 0) is 13.2 Å². The standard InChI is InChI=1S/C17H16BrNO2/c18-15-5-2-6-16(11-15)21-10-9-19-8-7-13-3-1-4-14(12-20)17(13)19/h1-8,11,20H,9-10,12H2. The highest BCUT2D eigenvalue weighted by molar-refractivity contribution is 9.10. The summed E-state index contributed by atoms with van der Waals surface area (Å²) in [7, 11) is 0. The van der Waals surface area contributed by atoms with Crippen molar-refractivity contribution in [3.63, 3.8) is 0 Å². The van der Waals surface area contributed by atoms with Gasteiger partial charge in [-0.1, -0.05) is 40.2 Å². The molecule has 21 heavy (non-hydrogen) atoms. The molecule has 1 aromatic heterocycles. The van der Waals surface area contributed by atoms with Crippen LogP contribution in [0.5, 0.6) is 5.75 Å². The Morgan fingerprint density at radius 3 is 2.76 bits per heavy atom. The Morgan fingerprint density at radius 1 is 1.10 bits per heavy atom. The second-order valence-electron chi connectivity index (χ2n) is 4.83. The van der Waals surface area contributed by atoms with Crippen LogP contribution < -0.4 is 4.74 Å². The predicted molar refractivity (Wildman–Crippen MR) is 87.5 cm³/mol. The number of ether oxygens (including phenoxy) is 1. The zero-order chi connectivity index (χ0) is 14.7. The summed E-state index contributed by atoms with van der Waals surface area (Å²) in [5.74, 6) is 0.850. The molecule has 3 nitrogen and oxygen atoms in total. The number of nitrogens with zero attached hydrogens (tertiary/aromatic N) is 1. The maximum Gasteiger partial charge on any atom is 0.120 e. The number of hydrogen-bond donors (Lipinski definition) is 1. The quantitative estimate of drug-likeness (QED) is 0.758. The van der Waals surface area contributed by atoms with Crippen LogP contribution >= 0.6 is 15.9 Å². The van der Waals surface area contributed by atoms with Crippen molar-refractivity contribution in [1.82, 2.24) is 4.57 Å². The minimum absolute atomic E-state index is 0.0494. The third-order valence-corrected chi connectivity index (χ3v) is 3.93. The highest BCUT2D eigenvalue weighted by Gasteiger charge is 2.06. The van der Waals surface area contributed by atoms with Crippen LogP contribution in [-0.4, -0.2) is 16.3 Å². The molecule has 0 atom stereocenters. The molecule has 0 aliphatic carbocycles. The van der Waals surface area contributed by atoms with E-state index in [9.17, 15) is 5.11 Å². The molecule has 0 amide bonds. The molecule has 3 aromatic rings. The molecule has 0 bridgehead atoms. The molecule has 0 fully saturated rings. The van der Waals surface area contributed by atoms with Gasteiger partial charge >= 0.3 is 0 Å². The van der Waals surface area contributed by atoms with E-state index in [1.807, 2.05) is 42.6 Å². The average Bonchev–Trinajstić information content (AvgIpc) is 2.91. The maximum atomic E-state index is 9.46. The highest BCUT2D eigenvalue weighted by atomic mass is 79.9. The summed E-state index contributed by atoms with van der Waals surface area (Å²) < 4.78 is 8.90. The number of hydrogen-bond acceptors (Lipinski definition) is 2. The van der Waals surface area contributed by atoms with Gasteiger partial charge in [0.15, 0.2) is 0 Å². The number of halogens is 1. The van der Waals surface area contributed by atoms with Crippen LogP contribution in [0.15, 0.2) is 59.2 Å². The van der Waals surface area contributed by atoms with Gasteiger partial charge in [0.05, 0.1) is 18.7 Å². The molecule has 4 heteroatoms. The lowest BCUT2D eigenvalue weighted by Gasteiger charge is -2.10. The predicted octanol–water partition coefficient (Wildman–Crippen LogP) is 3.98.